The van der Waals surface area contributed by atoms with Crippen molar-refractivity contribution in [1.82, 2.24) is 10.2 Å². The molecule has 0 amide bonds. The smallest absolute Gasteiger partial charge is 0.0165 e. The van der Waals surface area contributed by atoms with Crippen molar-refractivity contribution >= 4 is 0 Å². The fourth-order valence-corrected chi connectivity index (χ4v) is 4.75. The number of rotatable bonds is 1. The first kappa shape index (κ1) is 8.12. The molecule has 0 aromatic heterocycles. The van der Waals surface area contributed by atoms with Crippen LogP contribution in [0.1, 0.15) is 19.3 Å². The van der Waals surface area contributed by atoms with Crippen LogP contribution < -0.4 is 5.32 Å². The van der Waals surface area contributed by atoms with Gasteiger partial charge in [0, 0.05) is 32.2 Å². The summed E-state index contributed by atoms with van der Waals surface area (Å²) in [5, 5.41) is 3.46. The topological polar surface area (TPSA) is 15.3 Å². The molecule has 4 rings (SSSR count). The molecule has 4 unspecified atom stereocenters. The molecule has 4 atom stereocenters. The van der Waals surface area contributed by atoms with Crippen molar-refractivity contribution in [2.24, 2.45) is 23.7 Å². The maximum atomic E-state index is 3.46. The third kappa shape index (κ3) is 0.938. The molecule has 3 saturated carbocycles. The first-order valence-corrected chi connectivity index (χ1v) is 6.40. The summed E-state index contributed by atoms with van der Waals surface area (Å²) in [5.74, 6) is 4.58. The van der Waals surface area contributed by atoms with Gasteiger partial charge in [0.2, 0.25) is 0 Å². The lowest BCUT2D eigenvalue weighted by Gasteiger charge is -2.29. The highest BCUT2D eigenvalue weighted by atomic mass is 15.3. The van der Waals surface area contributed by atoms with Gasteiger partial charge in [0.05, 0.1) is 0 Å². The van der Waals surface area contributed by atoms with E-state index in [0.717, 1.165) is 29.7 Å². The molecule has 2 bridgehead atoms. The number of nitrogens with zero attached hydrogens (tertiary/aromatic N) is 1. The van der Waals surface area contributed by atoms with Gasteiger partial charge in [-0.2, -0.15) is 0 Å². The van der Waals surface area contributed by atoms with Gasteiger partial charge < -0.3 is 5.32 Å². The molecule has 78 valence electrons. The summed E-state index contributed by atoms with van der Waals surface area (Å²) < 4.78 is 0. The van der Waals surface area contributed by atoms with Crippen LogP contribution in [0.25, 0.3) is 0 Å². The zero-order chi connectivity index (χ0) is 9.12. The summed E-state index contributed by atoms with van der Waals surface area (Å²) in [6.45, 7) is 5.09. The van der Waals surface area contributed by atoms with E-state index in [1.165, 1.54) is 26.2 Å². The average molecular weight is 192 g/mol. The highest BCUT2D eigenvalue weighted by Gasteiger charge is 2.66. The monoisotopic (exact) mass is 192 g/mol. The molecule has 1 heterocycles. The predicted octanol–water partition coefficient (Wildman–Crippen LogP) is 0.936. The summed E-state index contributed by atoms with van der Waals surface area (Å²) in [4.78, 5) is 2.79. The Morgan fingerprint density at radius 3 is 2.21 bits per heavy atom. The zero-order valence-corrected chi connectivity index (χ0v) is 8.78. The Morgan fingerprint density at radius 1 is 0.929 bits per heavy atom. The van der Waals surface area contributed by atoms with Crippen LogP contribution in [0.5, 0.6) is 0 Å². The van der Waals surface area contributed by atoms with Crippen LogP contribution in [0.4, 0.5) is 0 Å². The van der Waals surface area contributed by atoms with E-state index >= 15 is 0 Å². The second-order valence-corrected chi connectivity index (χ2v) is 5.76. The number of nitrogens with one attached hydrogen (secondary N) is 1. The van der Waals surface area contributed by atoms with Gasteiger partial charge in [-0.1, -0.05) is 0 Å². The molecule has 1 N–H and O–H groups in total. The summed E-state index contributed by atoms with van der Waals surface area (Å²) >= 11 is 0. The maximum Gasteiger partial charge on any atom is 0.0165 e. The van der Waals surface area contributed by atoms with E-state index in [9.17, 15) is 0 Å². The van der Waals surface area contributed by atoms with Crippen molar-refractivity contribution in [3.63, 3.8) is 0 Å². The van der Waals surface area contributed by atoms with Gasteiger partial charge >= 0.3 is 0 Å². The molecule has 0 spiro atoms. The highest BCUT2D eigenvalue weighted by molar-refractivity contribution is 5.17. The molecular weight excluding hydrogens is 172 g/mol. The summed E-state index contributed by atoms with van der Waals surface area (Å²) in [6, 6.07) is 1.03. The molecule has 3 aliphatic carbocycles. The lowest BCUT2D eigenvalue weighted by atomic mass is 10.0. The fourth-order valence-electron chi connectivity index (χ4n) is 4.75. The Balaban J connectivity index is 1.49. The minimum Gasteiger partial charge on any atom is -0.314 e. The number of piperazine rings is 1. The Hall–Kier alpha value is -0.0800. The van der Waals surface area contributed by atoms with E-state index in [1.54, 1.807) is 19.3 Å². The Morgan fingerprint density at radius 2 is 1.57 bits per heavy atom. The zero-order valence-electron chi connectivity index (χ0n) is 8.78. The molecule has 0 aromatic rings. The molecule has 0 radical (unpaired) electrons. The van der Waals surface area contributed by atoms with E-state index in [-0.39, 0.29) is 0 Å². The standard InChI is InChI=1S/C12H20N2/c1-2-9-7-8(1)10-11(9)12(10)14-5-3-13-4-6-14/h8-13H,1-7H2. The van der Waals surface area contributed by atoms with Gasteiger partial charge in [0.25, 0.3) is 0 Å². The van der Waals surface area contributed by atoms with E-state index < -0.39 is 0 Å². The minimum atomic E-state index is 1.03. The van der Waals surface area contributed by atoms with Crippen LogP contribution in [0.15, 0.2) is 0 Å². The quantitative estimate of drug-likeness (QED) is 0.665. The van der Waals surface area contributed by atoms with Gasteiger partial charge in [-0.15, -0.1) is 0 Å². The molecule has 1 aliphatic heterocycles. The van der Waals surface area contributed by atoms with Crippen LogP contribution in [-0.4, -0.2) is 37.1 Å². The maximum absolute atomic E-state index is 3.46. The SMILES string of the molecule is C1CN(C2C3C4CCC(C4)C32)CCN1. The Kier molecular flexibility index (Phi) is 1.58. The molecular formula is C12H20N2. The molecule has 14 heavy (non-hydrogen) atoms. The van der Waals surface area contributed by atoms with Crippen LogP contribution in [-0.2, 0) is 0 Å². The fraction of sp³-hybridized carbons (Fsp3) is 1.00. The van der Waals surface area contributed by atoms with Crippen molar-refractivity contribution in [2.45, 2.75) is 25.3 Å². The summed E-state index contributed by atoms with van der Waals surface area (Å²) in [5.41, 5.74) is 0. The van der Waals surface area contributed by atoms with Crippen LogP contribution >= 0.6 is 0 Å². The van der Waals surface area contributed by atoms with Crippen LogP contribution in [0.2, 0.25) is 0 Å². The van der Waals surface area contributed by atoms with Gasteiger partial charge in [0.1, 0.15) is 0 Å². The van der Waals surface area contributed by atoms with E-state index in [2.05, 4.69) is 10.2 Å². The molecule has 0 aromatic carbocycles. The number of fused-ring (bicyclic) bond motifs is 5. The minimum absolute atomic E-state index is 1.03. The van der Waals surface area contributed by atoms with Gasteiger partial charge in [-0.05, 0) is 42.9 Å². The number of hydrogen-bond acceptors (Lipinski definition) is 2. The van der Waals surface area contributed by atoms with Crippen molar-refractivity contribution in [1.29, 1.82) is 0 Å². The van der Waals surface area contributed by atoms with Gasteiger partial charge in [0.15, 0.2) is 0 Å². The lowest BCUT2D eigenvalue weighted by Crippen LogP contribution is -2.46. The molecule has 4 aliphatic rings. The molecule has 4 fully saturated rings. The van der Waals surface area contributed by atoms with Crippen molar-refractivity contribution in [3.05, 3.63) is 0 Å². The lowest BCUT2D eigenvalue weighted by molar-refractivity contribution is 0.195. The van der Waals surface area contributed by atoms with Crippen LogP contribution in [0, 0.1) is 23.7 Å². The van der Waals surface area contributed by atoms with E-state index in [0.29, 0.717) is 0 Å². The Labute approximate surface area is 86.0 Å². The van der Waals surface area contributed by atoms with Gasteiger partial charge in [-0.25, -0.2) is 0 Å². The molecule has 1 saturated heterocycles. The predicted molar refractivity (Wildman–Crippen MR) is 56.0 cm³/mol. The van der Waals surface area contributed by atoms with E-state index in [4.69, 9.17) is 0 Å². The molecule has 2 heteroatoms. The second-order valence-electron chi connectivity index (χ2n) is 5.76. The second kappa shape index (κ2) is 2.73. The number of hydrogen-bond donors (Lipinski definition) is 1. The first-order valence-electron chi connectivity index (χ1n) is 6.40. The third-order valence-corrected chi connectivity index (χ3v) is 5.27. The Bertz CT molecular complexity index is 231. The van der Waals surface area contributed by atoms with Crippen molar-refractivity contribution in [2.75, 3.05) is 26.2 Å². The van der Waals surface area contributed by atoms with Crippen molar-refractivity contribution in [3.8, 4) is 0 Å². The highest BCUT2D eigenvalue weighted by Crippen LogP contribution is 2.67. The van der Waals surface area contributed by atoms with Crippen molar-refractivity contribution < 1.29 is 0 Å². The summed E-state index contributed by atoms with van der Waals surface area (Å²) in [7, 11) is 0. The van der Waals surface area contributed by atoms with E-state index in [1.807, 2.05) is 0 Å². The summed E-state index contributed by atoms with van der Waals surface area (Å²) in [6.07, 6.45) is 4.72. The average Bonchev–Trinajstić information content (AvgIpc) is 2.69. The van der Waals surface area contributed by atoms with Crippen LogP contribution in [0.3, 0.4) is 0 Å². The largest absolute Gasteiger partial charge is 0.314 e. The normalized spacial score (nSPS) is 56.1. The molecule has 2 nitrogen and oxygen atoms in total. The first-order chi connectivity index (χ1) is 6.95. The van der Waals surface area contributed by atoms with Gasteiger partial charge in [-0.3, -0.25) is 4.90 Å². The third-order valence-electron chi connectivity index (χ3n) is 5.27.